The normalized spacial score (nSPS) is 14.4. The summed E-state index contributed by atoms with van der Waals surface area (Å²) in [5.74, 6) is 0.223. The summed E-state index contributed by atoms with van der Waals surface area (Å²) >= 11 is 6.07. The van der Waals surface area contributed by atoms with E-state index in [1.807, 2.05) is 30.5 Å². The Balaban J connectivity index is 2.28. The summed E-state index contributed by atoms with van der Waals surface area (Å²) in [6.45, 7) is 5.08. The van der Waals surface area contributed by atoms with Crippen LogP contribution in [0.4, 0.5) is 0 Å². The van der Waals surface area contributed by atoms with Crippen molar-refractivity contribution in [3.05, 3.63) is 53.2 Å². The molecule has 0 spiro atoms. The number of furan rings is 1. The summed E-state index contributed by atoms with van der Waals surface area (Å²) in [4.78, 5) is 4.41. The second-order valence-corrected chi connectivity index (χ2v) is 4.57. The SMILES string of the molecule is CCNC(c1ccoc1Cl)C(C)c1ccccn1. The third kappa shape index (κ3) is 2.74. The highest BCUT2D eigenvalue weighted by Crippen LogP contribution is 2.33. The van der Waals surface area contributed by atoms with E-state index in [9.17, 15) is 0 Å². The number of hydrogen-bond donors (Lipinski definition) is 1. The van der Waals surface area contributed by atoms with Crippen molar-refractivity contribution in [2.45, 2.75) is 25.8 Å². The van der Waals surface area contributed by atoms with Gasteiger partial charge in [0, 0.05) is 29.4 Å². The molecule has 2 atom stereocenters. The number of nitrogens with zero attached hydrogens (tertiary/aromatic N) is 1. The van der Waals surface area contributed by atoms with Crippen molar-refractivity contribution in [3.8, 4) is 0 Å². The summed E-state index contributed by atoms with van der Waals surface area (Å²) in [6.07, 6.45) is 3.43. The van der Waals surface area contributed by atoms with Crippen molar-refractivity contribution in [1.82, 2.24) is 10.3 Å². The van der Waals surface area contributed by atoms with Gasteiger partial charge in [0.1, 0.15) is 0 Å². The van der Waals surface area contributed by atoms with Crippen molar-refractivity contribution in [2.75, 3.05) is 6.54 Å². The van der Waals surface area contributed by atoms with E-state index < -0.39 is 0 Å². The van der Waals surface area contributed by atoms with Gasteiger partial charge in [-0.1, -0.05) is 19.9 Å². The summed E-state index contributed by atoms with van der Waals surface area (Å²) < 4.78 is 5.18. The van der Waals surface area contributed by atoms with E-state index in [0.717, 1.165) is 17.8 Å². The minimum absolute atomic E-state index is 0.108. The number of nitrogens with one attached hydrogen (secondary N) is 1. The third-order valence-electron chi connectivity index (χ3n) is 3.06. The number of pyridine rings is 1. The van der Waals surface area contributed by atoms with E-state index in [-0.39, 0.29) is 12.0 Å². The molecule has 0 aliphatic heterocycles. The van der Waals surface area contributed by atoms with Gasteiger partial charge in [-0.2, -0.15) is 0 Å². The smallest absolute Gasteiger partial charge is 0.197 e. The zero-order valence-corrected chi connectivity index (χ0v) is 11.3. The first-order valence-electron chi connectivity index (χ1n) is 6.11. The van der Waals surface area contributed by atoms with Gasteiger partial charge in [0.15, 0.2) is 5.22 Å². The van der Waals surface area contributed by atoms with Crippen molar-refractivity contribution >= 4 is 11.6 Å². The number of likely N-dealkylation sites (N-methyl/N-ethyl adjacent to an activating group) is 1. The van der Waals surface area contributed by atoms with Crippen LogP contribution in [0.3, 0.4) is 0 Å². The fourth-order valence-corrected chi connectivity index (χ4v) is 2.35. The minimum Gasteiger partial charge on any atom is -0.453 e. The number of rotatable bonds is 5. The van der Waals surface area contributed by atoms with Gasteiger partial charge in [0.05, 0.1) is 6.26 Å². The molecule has 0 radical (unpaired) electrons. The van der Waals surface area contributed by atoms with Crippen LogP contribution in [-0.4, -0.2) is 11.5 Å². The number of hydrogen-bond acceptors (Lipinski definition) is 3. The molecule has 0 fully saturated rings. The zero-order chi connectivity index (χ0) is 13.0. The first-order chi connectivity index (χ1) is 8.74. The van der Waals surface area contributed by atoms with E-state index >= 15 is 0 Å². The second kappa shape index (κ2) is 6.03. The Morgan fingerprint density at radius 3 is 2.78 bits per heavy atom. The number of aromatic nitrogens is 1. The van der Waals surface area contributed by atoms with Gasteiger partial charge >= 0.3 is 0 Å². The summed E-state index contributed by atoms with van der Waals surface area (Å²) in [5.41, 5.74) is 2.03. The number of halogens is 1. The molecule has 2 rings (SSSR count). The molecule has 0 saturated carbocycles. The molecule has 3 nitrogen and oxygen atoms in total. The van der Waals surface area contributed by atoms with Gasteiger partial charge < -0.3 is 9.73 Å². The fraction of sp³-hybridized carbons (Fsp3) is 0.357. The zero-order valence-electron chi connectivity index (χ0n) is 10.6. The first-order valence-corrected chi connectivity index (χ1v) is 6.49. The van der Waals surface area contributed by atoms with Crippen molar-refractivity contribution in [1.29, 1.82) is 0 Å². The highest BCUT2D eigenvalue weighted by Gasteiger charge is 2.24. The maximum atomic E-state index is 6.07. The molecule has 18 heavy (non-hydrogen) atoms. The van der Waals surface area contributed by atoms with Crippen LogP contribution in [0, 0.1) is 0 Å². The molecule has 4 heteroatoms. The highest BCUT2D eigenvalue weighted by molar-refractivity contribution is 6.29. The molecular weight excluding hydrogens is 248 g/mol. The molecule has 96 valence electrons. The van der Waals surface area contributed by atoms with Crippen LogP contribution in [-0.2, 0) is 0 Å². The summed E-state index contributed by atoms with van der Waals surface area (Å²) in [5, 5.41) is 3.89. The van der Waals surface area contributed by atoms with Crippen LogP contribution in [0.5, 0.6) is 0 Å². The molecule has 0 aliphatic carbocycles. The van der Waals surface area contributed by atoms with Crippen molar-refractivity contribution in [2.24, 2.45) is 0 Å². The molecule has 2 aromatic heterocycles. The maximum Gasteiger partial charge on any atom is 0.197 e. The molecule has 0 amide bonds. The lowest BCUT2D eigenvalue weighted by molar-refractivity contribution is 0.464. The molecule has 0 bridgehead atoms. The first kappa shape index (κ1) is 13.1. The van der Waals surface area contributed by atoms with Crippen LogP contribution >= 0.6 is 11.6 Å². The predicted molar refractivity (Wildman–Crippen MR) is 72.8 cm³/mol. The van der Waals surface area contributed by atoms with Gasteiger partial charge in [-0.05, 0) is 36.3 Å². The Morgan fingerprint density at radius 2 is 2.22 bits per heavy atom. The standard InChI is InChI=1S/C14H17ClN2O/c1-3-16-13(11-7-9-18-14(11)15)10(2)12-6-4-5-8-17-12/h4-10,13,16H,3H2,1-2H3. The highest BCUT2D eigenvalue weighted by atomic mass is 35.5. The monoisotopic (exact) mass is 264 g/mol. The van der Waals surface area contributed by atoms with E-state index in [4.69, 9.17) is 16.0 Å². The predicted octanol–water partition coefficient (Wildman–Crippen LogP) is 3.78. The third-order valence-corrected chi connectivity index (χ3v) is 3.37. The second-order valence-electron chi connectivity index (χ2n) is 4.23. The Morgan fingerprint density at radius 1 is 1.39 bits per heavy atom. The van der Waals surface area contributed by atoms with Gasteiger partial charge in [-0.3, -0.25) is 4.98 Å². The molecule has 0 aromatic carbocycles. The lowest BCUT2D eigenvalue weighted by atomic mass is 9.93. The lowest BCUT2D eigenvalue weighted by Crippen LogP contribution is -2.26. The Hall–Kier alpha value is -1.32. The van der Waals surface area contributed by atoms with Crippen LogP contribution in [0.15, 0.2) is 41.1 Å². The Bertz CT molecular complexity index is 484. The largest absolute Gasteiger partial charge is 0.453 e. The van der Waals surface area contributed by atoms with Crippen LogP contribution in [0.2, 0.25) is 5.22 Å². The van der Waals surface area contributed by atoms with E-state index in [0.29, 0.717) is 5.22 Å². The minimum atomic E-state index is 0.108. The average Bonchev–Trinajstić information content (AvgIpc) is 2.82. The molecule has 0 saturated heterocycles. The van der Waals surface area contributed by atoms with Crippen LogP contribution in [0.1, 0.15) is 37.1 Å². The van der Waals surface area contributed by atoms with E-state index in [1.165, 1.54) is 0 Å². The summed E-state index contributed by atoms with van der Waals surface area (Å²) in [7, 11) is 0. The Labute approximate surface area is 112 Å². The average molecular weight is 265 g/mol. The molecule has 1 N–H and O–H groups in total. The van der Waals surface area contributed by atoms with Crippen molar-refractivity contribution < 1.29 is 4.42 Å². The Kier molecular flexibility index (Phi) is 4.39. The molecule has 2 heterocycles. The maximum absolute atomic E-state index is 6.07. The van der Waals surface area contributed by atoms with Crippen LogP contribution in [0.25, 0.3) is 0 Å². The van der Waals surface area contributed by atoms with E-state index in [1.54, 1.807) is 6.26 Å². The van der Waals surface area contributed by atoms with Crippen LogP contribution < -0.4 is 5.32 Å². The van der Waals surface area contributed by atoms with Gasteiger partial charge in [-0.15, -0.1) is 0 Å². The molecule has 2 unspecified atom stereocenters. The van der Waals surface area contributed by atoms with E-state index in [2.05, 4.69) is 24.1 Å². The fourth-order valence-electron chi connectivity index (χ4n) is 2.12. The summed E-state index contributed by atoms with van der Waals surface area (Å²) in [6, 6.07) is 7.97. The van der Waals surface area contributed by atoms with Crippen molar-refractivity contribution in [3.63, 3.8) is 0 Å². The lowest BCUT2D eigenvalue weighted by Gasteiger charge is -2.23. The topological polar surface area (TPSA) is 38.1 Å². The molecule has 2 aromatic rings. The van der Waals surface area contributed by atoms with Gasteiger partial charge in [0.25, 0.3) is 0 Å². The van der Waals surface area contributed by atoms with Gasteiger partial charge in [0.2, 0.25) is 0 Å². The molecule has 0 aliphatic rings. The molecular formula is C14H17ClN2O. The van der Waals surface area contributed by atoms with Gasteiger partial charge in [-0.25, -0.2) is 0 Å². The quantitative estimate of drug-likeness (QED) is 0.893.